The van der Waals surface area contributed by atoms with Crippen molar-refractivity contribution in [3.8, 4) is 0 Å². The number of hydrogen-bond donors (Lipinski definition) is 0. The van der Waals surface area contributed by atoms with Crippen LogP contribution in [0.3, 0.4) is 0 Å². The van der Waals surface area contributed by atoms with Crippen molar-refractivity contribution in [3.05, 3.63) is 15.6 Å². The van der Waals surface area contributed by atoms with Crippen molar-refractivity contribution in [2.75, 3.05) is 12.4 Å². The molecule has 0 bridgehead atoms. The van der Waals surface area contributed by atoms with Crippen molar-refractivity contribution in [3.63, 3.8) is 0 Å². The van der Waals surface area contributed by atoms with Crippen molar-refractivity contribution in [1.29, 1.82) is 0 Å². The molecule has 1 aliphatic heterocycles. The van der Waals surface area contributed by atoms with E-state index in [1.807, 2.05) is 25.6 Å². The Kier molecular flexibility index (Phi) is 3.86. The molecule has 0 spiro atoms. The van der Waals surface area contributed by atoms with Crippen LogP contribution in [-0.2, 0) is 4.74 Å². The summed E-state index contributed by atoms with van der Waals surface area (Å²) in [5.74, 6) is 0.920. The van der Waals surface area contributed by atoms with Crippen LogP contribution in [0.25, 0.3) is 0 Å². The summed E-state index contributed by atoms with van der Waals surface area (Å²) >= 11 is 3.57. The zero-order chi connectivity index (χ0) is 11.5. The lowest BCUT2D eigenvalue weighted by Gasteiger charge is -2.02. The summed E-state index contributed by atoms with van der Waals surface area (Å²) in [6.45, 7) is 4.16. The van der Waals surface area contributed by atoms with E-state index in [-0.39, 0.29) is 5.97 Å². The van der Waals surface area contributed by atoms with E-state index in [9.17, 15) is 4.79 Å². The molecule has 88 valence electrons. The van der Waals surface area contributed by atoms with Gasteiger partial charge in [0.2, 0.25) is 0 Å². The molecule has 0 N–H and O–H groups in total. The van der Waals surface area contributed by atoms with Gasteiger partial charge in [-0.3, -0.25) is 0 Å². The van der Waals surface area contributed by atoms with Crippen molar-refractivity contribution >= 4 is 29.1 Å². The summed E-state index contributed by atoms with van der Waals surface area (Å²) in [5.41, 5.74) is 0.509. The van der Waals surface area contributed by atoms with Crippen LogP contribution >= 0.6 is 23.1 Å². The van der Waals surface area contributed by atoms with Gasteiger partial charge in [-0.15, -0.1) is 11.3 Å². The van der Waals surface area contributed by atoms with E-state index in [4.69, 9.17) is 4.74 Å². The predicted octanol–water partition coefficient (Wildman–Crippen LogP) is 3.20. The Labute approximate surface area is 104 Å². The first-order valence-corrected chi connectivity index (χ1v) is 7.35. The minimum Gasteiger partial charge on any atom is -0.461 e. The quantitative estimate of drug-likeness (QED) is 0.780. The number of aromatic nitrogens is 1. The number of thioether (sulfide) groups is 1. The fourth-order valence-corrected chi connectivity index (χ4v) is 4.14. The van der Waals surface area contributed by atoms with Crippen molar-refractivity contribution in [1.82, 2.24) is 4.98 Å². The fraction of sp³-hybridized carbons (Fsp3) is 0.636. The number of carbonyl (C=O) groups is 1. The standard InChI is InChI=1S/C11H15NO2S2/c1-3-14-11(13)9-7(2)16-10(12-9)8-5-4-6-15-8/h8H,3-6H2,1-2H3. The van der Waals surface area contributed by atoms with E-state index >= 15 is 0 Å². The minimum absolute atomic E-state index is 0.287. The summed E-state index contributed by atoms with van der Waals surface area (Å²) in [6.07, 6.45) is 2.43. The number of nitrogens with zero attached hydrogens (tertiary/aromatic N) is 1. The average molecular weight is 257 g/mol. The molecule has 1 atom stereocenters. The monoisotopic (exact) mass is 257 g/mol. The summed E-state index contributed by atoms with van der Waals surface area (Å²) in [7, 11) is 0. The lowest BCUT2D eigenvalue weighted by molar-refractivity contribution is 0.0519. The first kappa shape index (κ1) is 11.9. The largest absolute Gasteiger partial charge is 0.461 e. The SMILES string of the molecule is CCOC(=O)c1nc(C2CCCS2)sc1C. The molecule has 0 saturated carbocycles. The highest BCUT2D eigenvalue weighted by Crippen LogP contribution is 2.41. The average Bonchev–Trinajstić information content (AvgIpc) is 2.86. The van der Waals surface area contributed by atoms with Crippen LogP contribution in [0.1, 0.15) is 45.4 Å². The molecule has 0 aliphatic carbocycles. The van der Waals surface area contributed by atoms with Crippen LogP contribution in [0.15, 0.2) is 0 Å². The van der Waals surface area contributed by atoms with E-state index in [2.05, 4.69) is 4.98 Å². The summed E-state index contributed by atoms with van der Waals surface area (Å²) in [6, 6.07) is 0. The number of hydrogen-bond acceptors (Lipinski definition) is 5. The number of aryl methyl sites for hydroxylation is 1. The van der Waals surface area contributed by atoms with Gasteiger partial charge in [-0.2, -0.15) is 11.8 Å². The minimum atomic E-state index is -0.287. The highest BCUT2D eigenvalue weighted by Gasteiger charge is 2.24. The molecule has 5 heteroatoms. The molecule has 1 fully saturated rings. The Morgan fingerprint density at radius 2 is 2.44 bits per heavy atom. The molecule has 2 rings (SSSR count). The van der Waals surface area contributed by atoms with Gasteiger partial charge >= 0.3 is 5.97 Å². The third-order valence-corrected chi connectivity index (χ3v) is 5.11. The van der Waals surface area contributed by atoms with Crippen LogP contribution in [0.2, 0.25) is 0 Å². The van der Waals surface area contributed by atoms with Crippen LogP contribution in [0, 0.1) is 6.92 Å². The van der Waals surface area contributed by atoms with Gasteiger partial charge < -0.3 is 4.74 Å². The molecule has 0 aromatic carbocycles. The van der Waals surface area contributed by atoms with Gasteiger partial charge in [-0.05, 0) is 32.4 Å². The van der Waals surface area contributed by atoms with Gasteiger partial charge in [0, 0.05) is 4.88 Å². The molecular formula is C11H15NO2S2. The Bertz CT molecular complexity index is 383. The summed E-state index contributed by atoms with van der Waals surface area (Å²) < 4.78 is 4.98. The Balaban J connectivity index is 2.17. The molecule has 16 heavy (non-hydrogen) atoms. The first-order valence-electron chi connectivity index (χ1n) is 5.48. The molecule has 1 unspecified atom stereocenters. The molecule has 1 aromatic rings. The highest BCUT2D eigenvalue weighted by atomic mass is 32.2. The number of carbonyl (C=O) groups excluding carboxylic acids is 1. The highest BCUT2D eigenvalue weighted by molar-refractivity contribution is 7.99. The van der Waals surface area contributed by atoms with E-state index in [0.29, 0.717) is 17.6 Å². The van der Waals surface area contributed by atoms with Crippen LogP contribution < -0.4 is 0 Å². The predicted molar refractivity (Wildman–Crippen MR) is 67.2 cm³/mol. The van der Waals surface area contributed by atoms with Crippen LogP contribution in [-0.4, -0.2) is 23.3 Å². The number of thiazole rings is 1. The Hall–Kier alpha value is -0.550. The maximum absolute atomic E-state index is 11.6. The lowest BCUT2D eigenvalue weighted by atomic mass is 10.2. The van der Waals surface area contributed by atoms with Gasteiger partial charge in [0.1, 0.15) is 5.01 Å². The van der Waals surface area contributed by atoms with Crippen LogP contribution in [0.5, 0.6) is 0 Å². The smallest absolute Gasteiger partial charge is 0.358 e. The summed E-state index contributed by atoms with van der Waals surface area (Å²) in [4.78, 5) is 17.0. The molecule has 1 aromatic heterocycles. The maximum atomic E-state index is 11.6. The van der Waals surface area contributed by atoms with Gasteiger partial charge in [0.25, 0.3) is 0 Å². The van der Waals surface area contributed by atoms with Gasteiger partial charge in [-0.1, -0.05) is 0 Å². The number of esters is 1. The molecule has 2 heterocycles. The molecule has 1 aliphatic rings. The van der Waals surface area contributed by atoms with Gasteiger partial charge in [-0.25, -0.2) is 9.78 Å². The van der Waals surface area contributed by atoms with E-state index < -0.39 is 0 Å². The summed E-state index contributed by atoms with van der Waals surface area (Å²) in [5, 5.41) is 1.58. The van der Waals surface area contributed by atoms with E-state index in [1.165, 1.54) is 18.6 Å². The lowest BCUT2D eigenvalue weighted by Crippen LogP contribution is -2.06. The van der Waals surface area contributed by atoms with Gasteiger partial charge in [0.05, 0.1) is 11.9 Å². The van der Waals surface area contributed by atoms with Crippen molar-refractivity contribution < 1.29 is 9.53 Å². The second kappa shape index (κ2) is 5.19. The second-order valence-corrected chi connectivity index (χ2v) is 6.22. The Morgan fingerprint density at radius 1 is 1.62 bits per heavy atom. The third kappa shape index (κ3) is 2.40. The first-order chi connectivity index (χ1) is 7.72. The molecule has 1 saturated heterocycles. The fourth-order valence-electron chi connectivity index (χ4n) is 1.72. The zero-order valence-corrected chi connectivity index (χ0v) is 11.1. The zero-order valence-electron chi connectivity index (χ0n) is 9.49. The normalized spacial score (nSPS) is 20.0. The maximum Gasteiger partial charge on any atom is 0.358 e. The third-order valence-electron chi connectivity index (χ3n) is 2.49. The molecular weight excluding hydrogens is 242 g/mol. The van der Waals surface area contributed by atoms with Gasteiger partial charge in [0.15, 0.2) is 5.69 Å². The van der Waals surface area contributed by atoms with E-state index in [1.54, 1.807) is 11.3 Å². The second-order valence-electron chi connectivity index (χ2n) is 3.68. The molecule has 0 radical (unpaired) electrons. The van der Waals surface area contributed by atoms with Crippen molar-refractivity contribution in [2.45, 2.75) is 31.9 Å². The van der Waals surface area contributed by atoms with E-state index in [0.717, 1.165) is 9.88 Å². The molecule has 0 amide bonds. The topological polar surface area (TPSA) is 39.2 Å². The Morgan fingerprint density at radius 3 is 3.06 bits per heavy atom. The van der Waals surface area contributed by atoms with Crippen LogP contribution in [0.4, 0.5) is 0 Å². The van der Waals surface area contributed by atoms with Crippen molar-refractivity contribution in [2.24, 2.45) is 0 Å². The number of rotatable bonds is 3. The molecule has 3 nitrogen and oxygen atoms in total. The number of ether oxygens (including phenoxy) is 1.